The maximum atomic E-state index is 12.1. The van der Waals surface area contributed by atoms with Crippen LogP contribution in [0.5, 0.6) is 5.75 Å². The van der Waals surface area contributed by atoms with E-state index in [0.717, 1.165) is 5.56 Å². The third-order valence-corrected chi connectivity index (χ3v) is 3.11. The number of aliphatic hydroxyl groups excluding tert-OH is 1. The van der Waals surface area contributed by atoms with Gasteiger partial charge < -0.3 is 19.5 Å². The van der Waals surface area contributed by atoms with Gasteiger partial charge in [0, 0.05) is 6.54 Å². The standard InChI is InChI=1S/C14H19NO4/c1-11-3-2-4-13(7-11)19-10-14(17)15-5-6-18-9-12(15)8-16/h2-4,7,12,16H,5-6,8-10H2,1H3. The Labute approximate surface area is 112 Å². The SMILES string of the molecule is Cc1cccc(OCC(=O)N2CCOCC2CO)c1. The van der Waals surface area contributed by atoms with Gasteiger partial charge >= 0.3 is 0 Å². The average molecular weight is 265 g/mol. The van der Waals surface area contributed by atoms with Crippen molar-refractivity contribution in [2.75, 3.05) is 33.0 Å². The predicted molar refractivity (Wildman–Crippen MR) is 70.1 cm³/mol. The Bertz CT molecular complexity index is 435. The normalized spacial score (nSPS) is 19.3. The van der Waals surface area contributed by atoms with Crippen molar-refractivity contribution in [2.24, 2.45) is 0 Å². The van der Waals surface area contributed by atoms with E-state index < -0.39 is 0 Å². The van der Waals surface area contributed by atoms with Gasteiger partial charge in [-0.15, -0.1) is 0 Å². The molecule has 0 aliphatic carbocycles. The monoisotopic (exact) mass is 265 g/mol. The largest absolute Gasteiger partial charge is 0.484 e. The van der Waals surface area contributed by atoms with Crippen LogP contribution in [0.4, 0.5) is 0 Å². The number of rotatable bonds is 4. The van der Waals surface area contributed by atoms with Crippen LogP contribution in [0.3, 0.4) is 0 Å². The van der Waals surface area contributed by atoms with Crippen molar-refractivity contribution in [3.63, 3.8) is 0 Å². The first-order valence-corrected chi connectivity index (χ1v) is 6.38. The molecule has 0 radical (unpaired) electrons. The van der Waals surface area contributed by atoms with Crippen LogP contribution >= 0.6 is 0 Å². The number of hydrogen-bond donors (Lipinski definition) is 1. The molecule has 1 aliphatic heterocycles. The highest BCUT2D eigenvalue weighted by Crippen LogP contribution is 2.13. The first kappa shape index (κ1) is 13.8. The summed E-state index contributed by atoms with van der Waals surface area (Å²) in [6.07, 6.45) is 0. The van der Waals surface area contributed by atoms with Gasteiger partial charge in [-0.2, -0.15) is 0 Å². The third kappa shape index (κ3) is 3.68. The highest BCUT2D eigenvalue weighted by atomic mass is 16.5. The molecular weight excluding hydrogens is 246 g/mol. The Morgan fingerprint density at radius 3 is 3.16 bits per heavy atom. The minimum atomic E-state index is -0.262. The zero-order valence-corrected chi connectivity index (χ0v) is 11.0. The number of aryl methyl sites for hydroxylation is 1. The molecule has 2 rings (SSSR count). The van der Waals surface area contributed by atoms with Crippen LogP contribution in [-0.2, 0) is 9.53 Å². The van der Waals surface area contributed by atoms with Gasteiger partial charge in [-0.25, -0.2) is 0 Å². The number of hydrogen-bond acceptors (Lipinski definition) is 4. The zero-order chi connectivity index (χ0) is 13.7. The van der Waals surface area contributed by atoms with E-state index >= 15 is 0 Å². The first-order valence-electron chi connectivity index (χ1n) is 6.38. The summed E-state index contributed by atoms with van der Waals surface area (Å²) in [5.41, 5.74) is 1.09. The van der Waals surface area contributed by atoms with E-state index in [-0.39, 0.29) is 25.2 Å². The quantitative estimate of drug-likeness (QED) is 0.866. The number of nitrogens with zero attached hydrogens (tertiary/aromatic N) is 1. The summed E-state index contributed by atoms with van der Waals surface area (Å²) in [6, 6.07) is 7.31. The van der Waals surface area contributed by atoms with Gasteiger partial charge in [-0.05, 0) is 24.6 Å². The van der Waals surface area contributed by atoms with E-state index in [0.29, 0.717) is 25.5 Å². The lowest BCUT2D eigenvalue weighted by atomic mass is 10.2. The van der Waals surface area contributed by atoms with E-state index in [1.165, 1.54) is 0 Å². The van der Waals surface area contributed by atoms with Crippen LogP contribution in [0, 0.1) is 6.92 Å². The smallest absolute Gasteiger partial charge is 0.260 e. The van der Waals surface area contributed by atoms with Crippen molar-refractivity contribution < 1.29 is 19.4 Å². The molecule has 1 aromatic rings. The van der Waals surface area contributed by atoms with E-state index in [2.05, 4.69) is 0 Å². The molecule has 0 saturated carbocycles. The molecule has 5 nitrogen and oxygen atoms in total. The van der Waals surface area contributed by atoms with Gasteiger partial charge in [0.15, 0.2) is 6.61 Å². The molecule has 19 heavy (non-hydrogen) atoms. The van der Waals surface area contributed by atoms with Crippen molar-refractivity contribution in [3.05, 3.63) is 29.8 Å². The number of amides is 1. The summed E-state index contributed by atoms with van der Waals surface area (Å²) in [4.78, 5) is 13.7. The average Bonchev–Trinajstić information content (AvgIpc) is 2.45. The molecule has 0 aromatic heterocycles. The maximum Gasteiger partial charge on any atom is 0.260 e. The van der Waals surface area contributed by atoms with Gasteiger partial charge in [-0.3, -0.25) is 4.79 Å². The van der Waals surface area contributed by atoms with Crippen LogP contribution < -0.4 is 4.74 Å². The van der Waals surface area contributed by atoms with Crippen LogP contribution in [0.1, 0.15) is 5.56 Å². The number of morpholine rings is 1. The Balaban J connectivity index is 1.89. The topological polar surface area (TPSA) is 59.0 Å². The fourth-order valence-electron chi connectivity index (χ4n) is 2.07. The van der Waals surface area contributed by atoms with E-state index in [4.69, 9.17) is 9.47 Å². The Kier molecular flexibility index (Phi) is 4.76. The van der Waals surface area contributed by atoms with E-state index in [1.807, 2.05) is 31.2 Å². The first-order chi connectivity index (χ1) is 9.20. The molecule has 1 unspecified atom stereocenters. The zero-order valence-electron chi connectivity index (χ0n) is 11.0. The summed E-state index contributed by atoms with van der Waals surface area (Å²) in [5, 5.41) is 9.22. The lowest BCUT2D eigenvalue weighted by Crippen LogP contribution is -2.51. The molecule has 104 valence electrons. The summed E-state index contributed by atoms with van der Waals surface area (Å²) >= 11 is 0. The molecule has 1 aliphatic rings. The molecule has 1 fully saturated rings. The van der Waals surface area contributed by atoms with Gasteiger partial charge in [0.1, 0.15) is 5.75 Å². The van der Waals surface area contributed by atoms with Crippen LogP contribution in [0.25, 0.3) is 0 Å². The molecule has 1 amide bonds. The highest BCUT2D eigenvalue weighted by Gasteiger charge is 2.26. The summed E-state index contributed by atoms with van der Waals surface area (Å²) in [5.74, 6) is 0.561. The highest BCUT2D eigenvalue weighted by molar-refractivity contribution is 5.78. The second-order valence-electron chi connectivity index (χ2n) is 4.60. The second-order valence-corrected chi connectivity index (χ2v) is 4.60. The summed E-state index contributed by atoms with van der Waals surface area (Å²) in [6.45, 7) is 3.26. The lowest BCUT2D eigenvalue weighted by molar-refractivity contribution is -0.143. The van der Waals surface area contributed by atoms with E-state index in [9.17, 15) is 9.90 Å². The number of ether oxygens (including phenoxy) is 2. The minimum absolute atomic E-state index is 0.0139. The number of carbonyl (C=O) groups excluding carboxylic acids is 1. The Morgan fingerprint density at radius 2 is 2.42 bits per heavy atom. The molecule has 0 spiro atoms. The van der Waals surface area contributed by atoms with E-state index in [1.54, 1.807) is 4.90 Å². The Hall–Kier alpha value is -1.59. The van der Waals surface area contributed by atoms with Gasteiger partial charge in [0.05, 0.1) is 25.9 Å². The van der Waals surface area contributed by atoms with Gasteiger partial charge in [0.2, 0.25) is 0 Å². The maximum absolute atomic E-state index is 12.1. The molecule has 1 heterocycles. The number of carbonyl (C=O) groups is 1. The van der Waals surface area contributed by atoms with Crippen LogP contribution in [0.2, 0.25) is 0 Å². The second kappa shape index (κ2) is 6.54. The molecule has 1 saturated heterocycles. The fourth-order valence-corrected chi connectivity index (χ4v) is 2.07. The van der Waals surface area contributed by atoms with Crippen LogP contribution in [0.15, 0.2) is 24.3 Å². The number of benzene rings is 1. The lowest BCUT2D eigenvalue weighted by Gasteiger charge is -2.34. The molecule has 0 bridgehead atoms. The predicted octanol–water partition coefficient (Wildman–Crippen LogP) is 0.594. The van der Waals surface area contributed by atoms with Gasteiger partial charge in [0.25, 0.3) is 5.91 Å². The van der Waals surface area contributed by atoms with Crippen molar-refractivity contribution in [3.8, 4) is 5.75 Å². The minimum Gasteiger partial charge on any atom is -0.484 e. The summed E-state index contributed by atoms with van der Waals surface area (Å²) in [7, 11) is 0. The summed E-state index contributed by atoms with van der Waals surface area (Å²) < 4.78 is 10.7. The fraction of sp³-hybridized carbons (Fsp3) is 0.500. The molecule has 1 atom stereocenters. The molecule has 5 heteroatoms. The van der Waals surface area contributed by atoms with Crippen molar-refractivity contribution >= 4 is 5.91 Å². The van der Waals surface area contributed by atoms with Crippen molar-refractivity contribution in [2.45, 2.75) is 13.0 Å². The Morgan fingerprint density at radius 1 is 1.58 bits per heavy atom. The molecular formula is C14H19NO4. The van der Waals surface area contributed by atoms with Crippen molar-refractivity contribution in [1.82, 2.24) is 4.90 Å². The van der Waals surface area contributed by atoms with Crippen molar-refractivity contribution in [1.29, 1.82) is 0 Å². The third-order valence-electron chi connectivity index (χ3n) is 3.11. The number of aliphatic hydroxyl groups is 1. The van der Waals surface area contributed by atoms with Crippen LogP contribution in [-0.4, -0.2) is 54.9 Å². The molecule has 1 N–H and O–H groups in total. The van der Waals surface area contributed by atoms with Gasteiger partial charge in [-0.1, -0.05) is 12.1 Å². The molecule has 1 aromatic carbocycles.